The van der Waals surface area contributed by atoms with Crippen LogP contribution in [-0.4, -0.2) is 13.0 Å². The molecule has 82 valence electrons. The highest BCUT2D eigenvalue weighted by molar-refractivity contribution is 6.55. The van der Waals surface area contributed by atoms with Crippen LogP contribution in [0.4, 0.5) is 0 Å². The maximum Gasteiger partial charge on any atom is 0.298 e. The fourth-order valence-electron chi connectivity index (χ4n) is 2.51. The van der Waals surface area contributed by atoms with Gasteiger partial charge in [0.1, 0.15) is 0 Å². The van der Waals surface area contributed by atoms with Gasteiger partial charge in [-0.2, -0.15) is 0 Å². The molecule has 0 aromatic rings. The molecule has 0 heterocycles. The van der Waals surface area contributed by atoms with Crippen LogP contribution in [-0.2, 0) is 4.65 Å². The van der Waals surface area contributed by atoms with E-state index in [2.05, 4.69) is 27.7 Å². The van der Waals surface area contributed by atoms with E-state index in [-0.39, 0.29) is 0 Å². The second-order valence-electron chi connectivity index (χ2n) is 5.35. The van der Waals surface area contributed by atoms with Crippen LogP contribution >= 0.6 is 0 Å². The standard InChI is InChI=1S/C12H25BO/c1-10(2)13(11(3)4)14-12-8-6-5-7-9-12/h10-12H,5-9H2,1-4H3. The van der Waals surface area contributed by atoms with Crippen molar-refractivity contribution in [3.8, 4) is 0 Å². The highest BCUT2D eigenvalue weighted by atomic mass is 16.4. The molecule has 0 spiro atoms. The van der Waals surface area contributed by atoms with Crippen molar-refractivity contribution in [1.29, 1.82) is 0 Å². The van der Waals surface area contributed by atoms with Crippen molar-refractivity contribution in [2.24, 2.45) is 0 Å². The summed E-state index contributed by atoms with van der Waals surface area (Å²) in [7, 11) is 0. The minimum atomic E-state index is 0.457. The first kappa shape index (κ1) is 12.1. The summed E-state index contributed by atoms with van der Waals surface area (Å²) in [5.41, 5.74) is 0. The highest BCUT2D eigenvalue weighted by Crippen LogP contribution is 2.27. The summed E-state index contributed by atoms with van der Waals surface area (Å²) in [6, 6.07) is 0. The van der Waals surface area contributed by atoms with Gasteiger partial charge in [-0.15, -0.1) is 0 Å². The second-order valence-corrected chi connectivity index (χ2v) is 5.35. The maximum absolute atomic E-state index is 6.21. The van der Waals surface area contributed by atoms with E-state index in [4.69, 9.17) is 4.65 Å². The lowest BCUT2D eigenvalue weighted by molar-refractivity contribution is 0.148. The van der Waals surface area contributed by atoms with Gasteiger partial charge in [-0.3, -0.25) is 0 Å². The van der Waals surface area contributed by atoms with E-state index < -0.39 is 0 Å². The minimum absolute atomic E-state index is 0.457. The molecule has 1 fully saturated rings. The number of hydrogen-bond acceptors (Lipinski definition) is 1. The van der Waals surface area contributed by atoms with E-state index in [9.17, 15) is 0 Å². The van der Waals surface area contributed by atoms with Crippen molar-refractivity contribution in [1.82, 2.24) is 0 Å². The third-order valence-electron chi connectivity index (χ3n) is 3.22. The van der Waals surface area contributed by atoms with Crippen molar-refractivity contribution >= 4 is 6.92 Å². The van der Waals surface area contributed by atoms with Gasteiger partial charge < -0.3 is 4.65 Å². The fraction of sp³-hybridized carbons (Fsp3) is 1.00. The molecular weight excluding hydrogens is 171 g/mol. The summed E-state index contributed by atoms with van der Waals surface area (Å²) in [6.45, 7) is 9.54. The van der Waals surface area contributed by atoms with E-state index in [1.54, 1.807) is 0 Å². The maximum atomic E-state index is 6.21. The molecule has 1 aliphatic carbocycles. The Morgan fingerprint density at radius 3 is 1.86 bits per heavy atom. The molecule has 0 aromatic carbocycles. The molecule has 1 nitrogen and oxygen atoms in total. The van der Waals surface area contributed by atoms with Crippen LogP contribution in [0.2, 0.25) is 11.6 Å². The first-order chi connectivity index (χ1) is 6.61. The highest BCUT2D eigenvalue weighted by Gasteiger charge is 2.28. The van der Waals surface area contributed by atoms with E-state index >= 15 is 0 Å². The molecule has 0 unspecified atom stereocenters. The zero-order valence-corrected chi connectivity index (χ0v) is 10.3. The van der Waals surface area contributed by atoms with Crippen molar-refractivity contribution < 1.29 is 4.65 Å². The molecule has 2 heteroatoms. The van der Waals surface area contributed by atoms with Crippen molar-refractivity contribution in [2.45, 2.75) is 77.5 Å². The van der Waals surface area contributed by atoms with Gasteiger partial charge in [-0.25, -0.2) is 0 Å². The first-order valence-electron chi connectivity index (χ1n) is 6.26. The summed E-state index contributed by atoms with van der Waals surface area (Å²) in [6.07, 6.45) is 7.28. The molecular formula is C12H25BO. The lowest BCUT2D eigenvalue weighted by Crippen LogP contribution is -2.32. The average Bonchev–Trinajstić information content (AvgIpc) is 2.15. The molecule has 0 aromatic heterocycles. The molecule has 14 heavy (non-hydrogen) atoms. The SMILES string of the molecule is CC(C)B(OC1CCCCC1)C(C)C. The molecule has 0 atom stereocenters. The Morgan fingerprint density at radius 1 is 0.929 bits per heavy atom. The van der Waals surface area contributed by atoms with Crippen molar-refractivity contribution in [2.75, 3.05) is 0 Å². The first-order valence-corrected chi connectivity index (χ1v) is 6.26. The van der Waals surface area contributed by atoms with Gasteiger partial charge in [0.15, 0.2) is 0 Å². The van der Waals surface area contributed by atoms with E-state index in [0.717, 1.165) is 0 Å². The largest absolute Gasteiger partial charge is 0.433 e. The Bertz CT molecular complexity index is 142. The predicted molar refractivity (Wildman–Crippen MR) is 63.9 cm³/mol. The summed E-state index contributed by atoms with van der Waals surface area (Å²) < 4.78 is 6.21. The lowest BCUT2D eigenvalue weighted by Gasteiger charge is -2.30. The van der Waals surface area contributed by atoms with Crippen molar-refractivity contribution in [3.63, 3.8) is 0 Å². The molecule has 0 bridgehead atoms. The Hall–Kier alpha value is 0.0249. The molecule has 1 aliphatic rings. The Labute approximate surface area is 89.7 Å². The Kier molecular flexibility index (Phi) is 5.01. The molecule has 0 radical (unpaired) electrons. The van der Waals surface area contributed by atoms with Gasteiger partial charge in [0.2, 0.25) is 0 Å². The van der Waals surface area contributed by atoms with E-state index in [1.807, 2.05) is 0 Å². The van der Waals surface area contributed by atoms with Crippen LogP contribution < -0.4 is 0 Å². The fourth-order valence-corrected chi connectivity index (χ4v) is 2.51. The van der Waals surface area contributed by atoms with E-state index in [1.165, 1.54) is 32.1 Å². The van der Waals surface area contributed by atoms with Crippen LogP contribution in [0, 0.1) is 0 Å². The lowest BCUT2D eigenvalue weighted by atomic mass is 9.49. The van der Waals surface area contributed by atoms with Crippen LogP contribution in [0.5, 0.6) is 0 Å². The van der Waals surface area contributed by atoms with Gasteiger partial charge in [-0.1, -0.05) is 47.0 Å². The second kappa shape index (κ2) is 5.80. The topological polar surface area (TPSA) is 9.23 Å². The van der Waals surface area contributed by atoms with Gasteiger partial charge in [-0.05, 0) is 24.5 Å². The molecule has 0 amide bonds. The monoisotopic (exact) mass is 196 g/mol. The summed E-state index contributed by atoms with van der Waals surface area (Å²) in [5.74, 6) is 1.30. The summed E-state index contributed by atoms with van der Waals surface area (Å²) in [5, 5.41) is 0. The molecule has 0 aliphatic heterocycles. The van der Waals surface area contributed by atoms with Gasteiger partial charge >= 0.3 is 0 Å². The van der Waals surface area contributed by atoms with Gasteiger partial charge in [0.25, 0.3) is 6.92 Å². The molecule has 0 N–H and O–H groups in total. The zero-order valence-electron chi connectivity index (χ0n) is 10.3. The van der Waals surface area contributed by atoms with Crippen molar-refractivity contribution in [3.05, 3.63) is 0 Å². The van der Waals surface area contributed by atoms with E-state index in [0.29, 0.717) is 24.7 Å². The minimum Gasteiger partial charge on any atom is -0.433 e. The third-order valence-corrected chi connectivity index (χ3v) is 3.22. The zero-order chi connectivity index (χ0) is 10.6. The van der Waals surface area contributed by atoms with Crippen LogP contribution in [0.25, 0.3) is 0 Å². The predicted octanol–water partition coefficient (Wildman–Crippen LogP) is 4.15. The quantitative estimate of drug-likeness (QED) is 0.613. The third kappa shape index (κ3) is 3.64. The smallest absolute Gasteiger partial charge is 0.298 e. The van der Waals surface area contributed by atoms with Crippen LogP contribution in [0.3, 0.4) is 0 Å². The van der Waals surface area contributed by atoms with Gasteiger partial charge in [0, 0.05) is 6.10 Å². The number of rotatable bonds is 4. The Morgan fingerprint density at radius 2 is 1.43 bits per heavy atom. The summed E-state index contributed by atoms with van der Waals surface area (Å²) >= 11 is 0. The number of hydrogen-bond donors (Lipinski definition) is 0. The molecule has 1 saturated carbocycles. The Balaban J connectivity index is 2.37. The summed E-state index contributed by atoms with van der Waals surface area (Å²) in [4.78, 5) is 0. The average molecular weight is 196 g/mol. The van der Waals surface area contributed by atoms with Crippen LogP contribution in [0.1, 0.15) is 59.8 Å². The van der Waals surface area contributed by atoms with Crippen LogP contribution in [0.15, 0.2) is 0 Å². The van der Waals surface area contributed by atoms with Gasteiger partial charge in [0.05, 0.1) is 0 Å². The normalized spacial score (nSPS) is 19.3. The molecule has 0 saturated heterocycles. The molecule has 1 rings (SSSR count).